The molecule has 0 atom stereocenters. The summed E-state index contributed by atoms with van der Waals surface area (Å²) >= 11 is 3.58. The summed E-state index contributed by atoms with van der Waals surface area (Å²) in [6, 6.07) is 0. The molecule has 0 saturated heterocycles. The summed E-state index contributed by atoms with van der Waals surface area (Å²) in [5.41, 5.74) is 0. The fraction of sp³-hybridized carbons (Fsp3) is 0. The molecule has 0 aliphatic heterocycles. The van der Waals surface area contributed by atoms with Crippen molar-refractivity contribution in [2.24, 2.45) is 0 Å². The molecular weight excluding hydrogens is 129 g/mol. The second-order valence-electron chi connectivity index (χ2n) is 0.0577. The Morgan fingerprint density at radius 2 is 1.75 bits per heavy atom. The van der Waals surface area contributed by atoms with E-state index in [-0.39, 0.29) is 36.8 Å². The summed E-state index contributed by atoms with van der Waals surface area (Å²) in [5.74, 6) is 0. The normalized spacial score (nSPS) is 5.50. The first-order chi connectivity index (χ1) is 1.41. The Kier molecular flexibility index (Phi) is 20.2. The van der Waals surface area contributed by atoms with Gasteiger partial charge in [-0.3, -0.25) is 0 Å². The monoisotopic (exact) mass is 129 g/mol. The molecule has 23 valence electrons. The topological polar surface area (TPSA) is 17.1 Å². The first-order valence-electron chi connectivity index (χ1n) is 0.324. The van der Waals surface area contributed by atoms with Gasteiger partial charge in [0, 0.05) is 0 Å². The van der Waals surface area contributed by atoms with Gasteiger partial charge in [-0.2, -0.15) is 0 Å². The van der Waals surface area contributed by atoms with Gasteiger partial charge in [-0.1, -0.05) is 0 Å². The quantitative estimate of drug-likeness (QED) is 0.335. The maximum absolute atomic E-state index is 8.74. The van der Waals surface area contributed by atoms with E-state index in [1.807, 2.05) is 0 Å². The molecule has 0 aromatic rings. The molecule has 4 heteroatoms. The summed E-state index contributed by atoms with van der Waals surface area (Å²) in [7, 11) is -0.208. The van der Waals surface area contributed by atoms with E-state index < -0.39 is 0 Å². The molecule has 0 rings (SSSR count). The fourth-order valence-corrected chi connectivity index (χ4v) is 0. The van der Waals surface area contributed by atoms with Gasteiger partial charge in [0.05, 0.1) is 0 Å². The second-order valence-corrected chi connectivity index (χ2v) is 0.714. The van der Waals surface area contributed by atoms with E-state index in [0.717, 1.165) is 0 Å². The summed E-state index contributed by atoms with van der Waals surface area (Å²) in [6.07, 6.45) is 0. The third-order valence-electron chi connectivity index (χ3n) is 0. The average Bonchev–Trinajstić information content (AvgIpc) is 0.918. The molecule has 0 aliphatic rings. The molecule has 0 aromatic heterocycles. The molecule has 0 N–H and O–H groups in total. The zero-order valence-electron chi connectivity index (χ0n) is 1.17. The molecule has 0 bridgehead atoms. The van der Waals surface area contributed by atoms with Crippen LogP contribution < -0.4 is 0 Å². The van der Waals surface area contributed by atoms with Crippen molar-refractivity contribution in [1.82, 2.24) is 0 Å². The molecular formula is HNaNiOP. The van der Waals surface area contributed by atoms with Crippen LogP contribution in [0.4, 0.5) is 0 Å². The van der Waals surface area contributed by atoms with Crippen molar-refractivity contribution in [3.05, 3.63) is 0 Å². The van der Waals surface area contributed by atoms with E-state index >= 15 is 0 Å². The van der Waals surface area contributed by atoms with Crippen LogP contribution in [-0.2, 0) is 19.6 Å². The summed E-state index contributed by atoms with van der Waals surface area (Å²) in [6.45, 7) is 0. The Bertz CT molecular complexity index is 15.5. The average molecular weight is 130 g/mol. The van der Waals surface area contributed by atoms with Crippen LogP contribution >= 0.6 is 7.23 Å². The van der Waals surface area contributed by atoms with Gasteiger partial charge in [0.1, 0.15) is 0 Å². The molecule has 0 heterocycles. The van der Waals surface area contributed by atoms with Gasteiger partial charge >= 0.3 is 56.4 Å². The molecule has 0 unspecified atom stereocenters. The van der Waals surface area contributed by atoms with Crippen molar-refractivity contribution < 1.29 is 19.6 Å². The van der Waals surface area contributed by atoms with Gasteiger partial charge < -0.3 is 0 Å². The van der Waals surface area contributed by atoms with E-state index in [1.54, 1.807) is 0 Å². The molecule has 0 fully saturated rings. The minimum absolute atomic E-state index is 0. The minimum atomic E-state index is -0.208. The Labute approximate surface area is 56.0 Å². The van der Waals surface area contributed by atoms with Gasteiger partial charge in [0.25, 0.3) is 0 Å². The molecule has 0 aromatic carbocycles. The van der Waals surface area contributed by atoms with Gasteiger partial charge in [0.2, 0.25) is 0 Å². The van der Waals surface area contributed by atoms with Gasteiger partial charge in [-0.05, 0) is 0 Å². The fourth-order valence-electron chi connectivity index (χ4n) is 0. The third-order valence-corrected chi connectivity index (χ3v) is 0. The summed E-state index contributed by atoms with van der Waals surface area (Å²) in [5, 5.41) is 0. The van der Waals surface area contributed by atoms with Crippen LogP contribution in [0.2, 0.25) is 0 Å². The maximum atomic E-state index is 8.74. The van der Waals surface area contributed by atoms with E-state index in [2.05, 4.69) is 15.0 Å². The van der Waals surface area contributed by atoms with Crippen molar-refractivity contribution in [3.63, 3.8) is 0 Å². The molecule has 0 radical (unpaired) electrons. The van der Waals surface area contributed by atoms with E-state index in [4.69, 9.17) is 4.57 Å². The van der Waals surface area contributed by atoms with Crippen LogP contribution in [0.25, 0.3) is 0 Å². The molecule has 1 nitrogen and oxygen atoms in total. The Balaban J connectivity index is 0. The Morgan fingerprint density at radius 3 is 1.75 bits per heavy atom. The van der Waals surface area contributed by atoms with Crippen LogP contribution in [0, 0.1) is 0 Å². The number of rotatable bonds is 0. The molecule has 4 heavy (non-hydrogen) atoms. The third kappa shape index (κ3) is 9.52. The van der Waals surface area contributed by atoms with E-state index in [1.165, 1.54) is 0 Å². The zero-order chi connectivity index (χ0) is 2.71. The SMILES string of the molecule is O=[P][Ni].[NaH]. The van der Waals surface area contributed by atoms with Crippen molar-refractivity contribution in [2.75, 3.05) is 0 Å². The zero-order valence-corrected chi connectivity index (χ0v) is 3.05. The van der Waals surface area contributed by atoms with Crippen molar-refractivity contribution in [1.29, 1.82) is 0 Å². The summed E-state index contributed by atoms with van der Waals surface area (Å²) in [4.78, 5) is 0. The van der Waals surface area contributed by atoms with Crippen LogP contribution in [-0.4, -0.2) is 29.6 Å². The Hall–Kier alpha value is 1.59. The first kappa shape index (κ1) is 9.14. The molecule has 0 spiro atoms. The van der Waals surface area contributed by atoms with Crippen molar-refractivity contribution >= 4 is 36.8 Å². The Morgan fingerprint density at radius 1 is 1.75 bits per heavy atom. The number of hydrogen-bond donors (Lipinski definition) is 0. The van der Waals surface area contributed by atoms with Gasteiger partial charge in [0.15, 0.2) is 0 Å². The van der Waals surface area contributed by atoms with Gasteiger partial charge in [-0.25, -0.2) is 0 Å². The van der Waals surface area contributed by atoms with Crippen molar-refractivity contribution in [3.8, 4) is 0 Å². The van der Waals surface area contributed by atoms with Crippen LogP contribution in [0.5, 0.6) is 0 Å². The van der Waals surface area contributed by atoms with Gasteiger partial charge in [-0.15, -0.1) is 0 Å². The van der Waals surface area contributed by atoms with Crippen LogP contribution in [0.1, 0.15) is 0 Å². The van der Waals surface area contributed by atoms with E-state index in [9.17, 15) is 0 Å². The standard InChI is InChI=1S/Na.Ni.OP.H/c;;1-2;/q;+1;-1;. The predicted octanol–water partition coefficient (Wildman–Crippen LogP) is 0.0914. The van der Waals surface area contributed by atoms with Crippen molar-refractivity contribution in [2.45, 2.75) is 0 Å². The van der Waals surface area contributed by atoms with E-state index in [0.29, 0.717) is 0 Å². The van der Waals surface area contributed by atoms with Crippen LogP contribution in [0.15, 0.2) is 0 Å². The summed E-state index contributed by atoms with van der Waals surface area (Å²) < 4.78 is 8.74. The van der Waals surface area contributed by atoms with Crippen LogP contribution in [0.3, 0.4) is 0 Å². The number of hydrogen-bond acceptors (Lipinski definition) is 1. The molecule has 0 saturated carbocycles. The molecule has 0 aliphatic carbocycles. The second kappa shape index (κ2) is 8.82. The predicted molar refractivity (Wildman–Crippen MR) is 14.8 cm³/mol. The first-order valence-corrected chi connectivity index (χ1v) is 2.30. The molecule has 0 amide bonds.